The molecule has 2 rings (SSSR count). The Morgan fingerprint density at radius 1 is 1.18 bits per heavy atom. The second-order valence-electron chi connectivity index (χ2n) is 3.67. The summed E-state index contributed by atoms with van der Waals surface area (Å²) in [5, 5.41) is 11.0. The van der Waals surface area contributed by atoms with Crippen LogP contribution in [0.5, 0.6) is 0 Å². The van der Waals surface area contributed by atoms with E-state index in [1.165, 1.54) is 5.56 Å². The molecule has 0 aliphatic carbocycles. The van der Waals surface area contributed by atoms with Crippen molar-refractivity contribution in [2.45, 2.75) is 20.4 Å². The van der Waals surface area contributed by atoms with Crippen molar-refractivity contribution in [3.05, 3.63) is 38.4 Å². The number of rotatable bonds is 3. The van der Waals surface area contributed by atoms with Crippen molar-refractivity contribution in [1.29, 1.82) is 0 Å². The van der Waals surface area contributed by atoms with Gasteiger partial charge in [0.25, 0.3) is 0 Å². The molecule has 0 aliphatic heterocycles. The van der Waals surface area contributed by atoms with Gasteiger partial charge in [0.15, 0.2) is 0 Å². The Hall–Kier alpha value is -0.880. The van der Waals surface area contributed by atoms with Crippen LogP contribution in [0.25, 0.3) is 0 Å². The highest BCUT2D eigenvalue weighted by Crippen LogP contribution is 2.32. The monoisotopic (exact) mass is 359 g/mol. The van der Waals surface area contributed by atoms with E-state index in [2.05, 4.69) is 47.4 Å². The van der Waals surface area contributed by atoms with Gasteiger partial charge < -0.3 is 9.73 Å². The van der Waals surface area contributed by atoms with Crippen LogP contribution in [-0.4, -0.2) is 10.2 Å². The van der Waals surface area contributed by atoms with E-state index in [4.69, 9.17) is 4.42 Å². The summed E-state index contributed by atoms with van der Waals surface area (Å²) < 4.78 is 7.29. The maximum Gasteiger partial charge on any atom is 0.235 e. The number of aromatic nitrogens is 2. The smallest absolute Gasteiger partial charge is 0.235 e. The maximum absolute atomic E-state index is 5.29. The van der Waals surface area contributed by atoms with E-state index < -0.39 is 0 Å². The lowest BCUT2D eigenvalue weighted by atomic mass is 10.2. The zero-order valence-electron chi connectivity index (χ0n) is 9.42. The highest BCUT2D eigenvalue weighted by molar-refractivity contribution is 9.11. The Kier molecular flexibility index (Phi) is 3.83. The zero-order valence-corrected chi connectivity index (χ0v) is 12.6. The Balaban J connectivity index is 2.14. The van der Waals surface area contributed by atoms with E-state index in [1.54, 1.807) is 6.92 Å². The summed E-state index contributed by atoms with van der Waals surface area (Å²) in [6.45, 7) is 4.32. The summed E-state index contributed by atoms with van der Waals surface area (Å²) in [6, 6.07) is 4.10. The van der Waals surface area contributed by atoms with Gasteiger partial charge in [-0.15, -0.1) is 10.2 Å². The van der Waals surface area contributed by atoms with Crippen molar-refractivity contribution in [2.75, 3.05) is 5.32 Å². The van der Waals surface area contributed by atoms with Gasteiger partial charge in [0.1, 0.15) is 0 Å². The van der Waals surface area contributed by atoms with Crippen LogP contribution >= 0.6 is 31.9 Å². The molecule has 1 N–H and O–H groups in total. The Morgan fingerprint density at radius 2 is 1.82 bits per heavy atom. The number of hydrogen-bond donors (Lipinski definition) is 1. The van der Waals surface area contributed by atoms with Crippen molar-refractivity contribution >= 4 is 37.5 Å². The number of nitrogens with zero attached hydrogens (tertiary/aromatic N) is 2. The number of hydrogen-bond acceptors (Lipinski definition) is 4. The third kappa shape index (κ3) is 3.07. The van der Waals surface area contributed by atoms with Crippen LogP contribution in [0.2, 0.25) is 0 Å². The van der Waals surface area contributed by atoms with Gasteiger partial charge in [0.05, 0.1) is 12.2 Å². The fourth-order valence-corrected chi connectivity index (χ4v) is 3.14. The van der Waals surface area contributed by atoms with Gasteiger partial charge >= 0.3 is 0 Å². The molecule has 0 bridgehead atoms. The molecule has 0 radical (unpaired) electrons. The van der Waals surface area contributed by atoms with E-state index in [9.17, 15) is 0 Å². The molecule has 1 heterocycles. The molecule has 0 fully saturated rings. The summed E-state index contributed by atoms with van der Waals surface area (Å²) in [4.78, 5) is 0. The number of benzene rings is 1. The molecule has 0 saturated carbocycles. The molecule has 0 unspecified atom stereocenters. The normalized spacial score (nSPS) is 10.6. The Bertz CT molecular complexity index is 516. The maximum atomic E-state index is 5.29. The number of anilines is 1. The predicted octanol–water partition coefficient (Wildman–Crippen LogP) is 3.82. The first-order valence-corrected chi connectivity index (χ1v) is 6.63. The molecular weight excluding hydrogens is 350 g/mol. The minimum absolute atomic E-state index is 0.501. The summed E-state index contributed by atoms with van der Waals surface area (Å²) in [5.41, 5.74) is 2.16. The molecule has 4 nitrogen and oxygen atoms in total. The van der Waals surface area contributed by atoms with Crippen LogP contribution in [0.1, 0.15) is 17.3 Å². The second-order valence-corrected chi connectivity index (χ2v) is 5.38. The molecule has 0 atom stereocenters. The van der Waals surface area contributed by atoms with Gasteiger partial charge in [-0.1, -0.05) is 0 Å². The molecule has 90 valence electrons. The average molecular weight is 361 g/mol. The lowest BCUT2D eigenvalue weighted by Crippen LogP contribution is -2.01. The first-order chi connectivity index (χ1) is 8.06. The van der Waals surface area contributed by atoms with Crippen LogP contribution in [-0.2, 0) is 6.54 Å². The minimum atomic E-state index is 0.501. The lowest BCUT2D eigenvalue weighted by Gasteiger charge is -2.10. The molecule has 0 saturated heterocycles. The van der Waals surface area contributed by atoms with E-state index in [0.29, 0.717) is 18.3 Å². The fourth-order valence-electron chi connectivity index (χ4n) is 1.44. The molecule has 0 amide bonds. The van der Waals surface area contributed by atoms with Crippen LogP contribution < -0.4 is 5.32 Å². The lowest BCUT2D eigenvalue weighted by molar-refractivity contribution is 0.474. The molecule has 0 aliphatic rings. The topological polar surface area (TPSA) is 51.0 Å². The van der Waals surface area contributed by atoms with E-state index in [-0.39, 0.29) is 0 Å². The molecule has 1 aromatic heterocycles. The van der Waals surface area contributed by atoms with Crippen LogP contribution in [0.15, 0.2) is 25.5 Å². The van der Waals surface area contributed by atoms with Crippen LogP contribution in [0.4, 0.5) is 5.69 Å². The van der Waals surface area contributed by atoms with E-state index >= 15 is 0 Å². The van der Waals surface area contributed by atoms with E-state index in [1.807, 2.05) is 19.1 Å². The molecule has 2 aromatic rings. The molecular formula is C11H11Br2N3O. The first-order valence-electron chi connectivity index (χ1n) is 5.05. The second kappa shape index (κ2) is 5.18. The van der Waals surface area contributed by atoms with Crippen molar-refractivity contribution < 1.29 is 4.42 Å². The van der Waals surface area contributed by atoms with Gasteiger partial charge in [-0.05, 0) is 56.5 Å². The number of halogens is 2. The Labute approximate surface area is 116 Å². The van der Waals surface area contributed by atoms with Crippen molar-refractivity contribution in [2.24, 2.45) is 0 Å². The van der Waals surface area contributed by atoms with Crippen LogP contribution in [0.3, 0.4) is 0 Å². The fraction of sp³-hybridized carbons (Fsp3) is 0.273. The summed E-state index contributed by atoms with van der Waals surface area (Å²) >= 11 is 7.04. The third-order valence-electron chi connectivity index (χ3n) is 2.17. The predicted molar refractivity (Wildman–Crippen MR) is 72.9 cm³/mol. The number of aryl methyl sites for hydroxylation is 2. The SMILES string of the molecule is Cc1cc(Br)c(NCc2nnc(C)o2)c(Br)c1. The van der Waals surface area contributed by atoms with Crippen molar-refractivity contribution in [1.82, 2.24) is 10.2 Å². The Morgan fingerprint density at radius 3 is 2.35 bits per heavy atom. The van der Waals surface area contributed by atoms with Gasteiger partial charge in [0.2, 0.25) is 11.8 Å². The molecule has 0 spiro atoms. The highest BCUT2D eigenvalue weighted by atomic mass is 79.9. The third-order valence-corrected chi connectivity index (χ3v) is 3.42. The van der Waals surface area contributed by atoms with Crippen molar-refractivity contribution in [3.63, 3.8) is 0 Å². The summed E-state index contributed by atoms with van der Waals surface area (Å²) in [6.07, 6.45) is 0. The zero-order chi connectivity index (χ0) is 12.4. The van der Waals surface area contributed by atoms with Crippen molar-refractivity contribution in [3.8, 4) is 0 Å². The van der Waals surface area contributed by atoms with Gasteiger partial charge in [-0.3, -0.25) is 0 Å². The number of nitrogens with one attached hydrogen (secondary N) is 1. The van der Waals surface area contributed by atoms with E-state index in [0.717, 1.165) is 14.6 Å². The van der Waals surface area contributed by atoms with Crippen LogP contribution in [0, 0.1) is 13.8 Å². The molecule has 6 heteroatoms. The van der Waals surface area contributed by atoms with Gasteiger partial charge in [-0.2, -0.15) is 0 Å². The quantitative estimate of drug-likeness (QED) is 0.903. The highest BCUT2D eigenvalue weighted by Gasteiger charge is 2.08. The molecule has 1 aromatic carbocycles. The van der Waals surface area contributed by atoms with Gasteiger partial charge in [-0.25, -0.2) is 0 Å². The summed E-state index contributed by atoms with van der Waals surface area (Å²) in [5.74, 6) is 1.14. The standard InChI is InChI=1S/C11H11Br2N3O/c1-6-3-8(12)11(9(13)4-6)14-5-10-16-15-7(2)17-10/h3-4,14H,5H2,1-2H3. The average Bonchev–Trinajstić information content (AvgIpc) is 2.62. The molecule has 17 heavy (non-hydrogen) atoms. The summed E-state index contributed by atoms with van der Waals surface area (Å²) in [7, 11) is 0. The minimum Gasteiger partial charge on any atom is -0.424 e. The largest absolute Gasteiger partial charge is 0.424 e. The van der Waals surface area contributed by atoms with Gasteiger partial charge in [0, 0.05) is 15.9 Å². The first kappa shape index (κ1) is 12.6.